The molecule has 0 aliphatic carbocycles. The van der Waals surface area contributed by atoms with Crippen molar-refractivity contribution in [1.82, 2.24) is 9.80 Å². The number of aryl methyl sites for hydroxylation is 1. The molecule has 1 N–H and O–H groups in total. The predicted molar refractivity (Wildman–Crippen MR) is 127 cm³/mol. The van der Waals surface area contributed by atoms with Gasteiger partial charge in [0.05, 0.1) is 12.7 Å². The number of hydrogen-bond acceptors (Lipinski definition) is 4. The molecule has 2 aromatic carbocycles. The van der Waals surface area contributed by atoms with Gasteiger partial charge in [0.1, 0.15) is 5.75 Å². The van der Waals surface area contributed by atoms with Gasteiger partial charge in [-0.3, -0.25) is 4.79 Å². The molecule has 166 valence electrons. The average Bonchev–Trinajstić information content (AvgIpc) is 3.32. The first-order chi connectivity index (χ1) is 14.9. The van der Waals surface area contributed by atoms with Gasteiger partial charge in [-0.25, -0.2) is 0 Å². The van der Waals surface area contributed by atoms with E-state index < -0.39 is 0 Å². The molecule has 31 heavy (non-hydrogen) atoms. The third kappa shape index (κ3) is 5.11. The summed E-state index contributed by atoms with van der Waals surface area (Å²) in [5, 5.41) is 4.83. The first-order valence-electron chi connectivity index (χ1n) is 10.8. The first-order valence-corrected chi connectivity index (χ1v) is 11.6. The zero-order chi connectivity index (χ0) is 22.0. The topological polar surface area (TPSA) is 44.8 Å². The lowest BCUT2D eigenvalue weighted by molar-refractivity contribution is 0.0770. The molecule has 0 aromatic heterocycles. The second-order valence-electron chi connectivity index (χ2n) is 8.58. The summed E-state index contributed by atoms with van der Waals surface area (Å²) >= 11 is 12.2. The summed E-state index contributed by atoms with van der Waals surface area (Å²) in [6.45, 7) is 7.74. The Balaban J connectivity index is 1.23. The Morgan fingerprint density at radius 2 is 1.84 bits per heavy atom. The van der Waals surface area contributed by atoms with Crippen LogP contribution in [0, 0.1) is 18.8 Å². The number of likely N-dealkylation sites (tertiary alicyclic amines) is 2. The summed E-state index contributed by atoms with van der Waals surface area (Å²) < 4.78 is 5.36. The SMILES string of the molecule is COc1cc(Cl)ccc1C(=O)N1CC2CN(CCCNc3ccc(C)c(Cl)c3)CC2C1. The third-order valence-electron chi connectivity index (χ3n) is 6.40. The van der Waals surface area contributed by atoms with Gasteiger partial charge in [0.2, 0.25) is 0 Å². The highest BCUT2D eigenvalue weighted by atomic mass is 35.5. The van der Waals surface area contributed by atoms with Crippen LogP contribution in [0.3, 0.4) is 0 Å². The molecule has 0 bridgehead atoms. The van der Waals surface area contributed by atoms with E-state index in [1.54, 1.807) is 25.3 Å². The van der Waals surface area contributed by atoms with Gasteiger partial charge in [-0.15, -0.1) is 0 Å². The van der Waals surface area contributed by atoms with Crippen LogP contribution in [0.4, 0.5) is 5.69 Å². The number of nitrogens with zero attached hydrogens (tertiary/aromatic N) is 2. The molecule has 0 radical (unpaired) electrons. The lowest BCUT2D eigenvalue weighted by Gasteiger charge is -2.22. The lowest BCUT2D eigenvalue weighted by Crippen LogP contribution is -2.34. The van der Waals surface area contributed by atoms with Gasteiger partial charge in [-0.2, -0.15) is 0 Å². The Bertz CT molecular complexity index is 938. The number of nitrogens with one attached hydrogen (secondary N) is 1. The second-order valence-corrected chi connectivity index (χ2v) is 9.42. The number of amides is 1. The number of carbonyl (C=O) groups excluding carboxylic acids is 1. The molecule has 2 aliphatic heterocycles. The fourth-order valence-corrected chi connectivity index (χ4v) is 5.03. The Morgan fingerprint density at radius 3 is 2.52 bits per heavy atom. The molecule has 4 rings (SSSR count). The summed E-state index contributed by atoms with van der Waals surface area (Å²) in [7, 11) is 1.57. The molecule has 2 atom stereocenters. The van der Waals surface area contributed by atoms with E-state index in [4.69, 9.17) is 27.9 Å². The van der Waals surface area contributed by atoms with E-state index in [-0.39, 0.29) is 5.91 Å². The predicted octanol–water partition coefficient (Wildman–Crippen LogP) is 4.82. The minimum absolute atomic E-state index is 0.0374. The van der Waals surface area contributed by atoms with Crippen LogP contribution in [0.2, 0.25) is 10.0 Å². The molecule has 0 spiro atoms. The van der Waals surface area contributed by atoms with Gasteiger partial charge >= 0.3 is 0 Å². The number of rotatable bonds is 7. The van der Waals surface area contributed by atoms with Crippen LogP contribution < -0.4 is 10.1 Å². The first kappa shape index (κ1) is 22.3. The standard InChI is InChI=1S/C24H29Cl2N3O2/c1-16-4-6-20(11-22(16)26)27-8-3-9-28-12-17-14-29(15-18(17)13-28)24(30)21-7-5-19(25)10-23(21)31-2/h4-7,10-11,17-18,27H,3,8-9,12-15H2,1-2H3. The van der Waals surface area contributed by atoms with Crippen molar-refractivity contribution in [2.24, 2.45) is 11.8 Å². The lowest BCUT2D eigenvalue weighted by atomic mass is 10.0. The smallest absolute Gasteiger partial charge is 0.257 e. The third-order valence-corrected chi connectivity index (χ3v) is 7.04. The van der Waals surface area contributed by atoms with Gasteiger partial charge in [0.15, 0.2) is 0 Å². The maximum absolute atomic E-state index is 13.0. The molecule has 1 amide bonds. The largest absolute Gasteiger partial charge is 0.496 e. The van der Waals surface area contributed by atoms with Crippen LogP contribution in [0.5, 0.6) is 5.75 Å². The molecular weight excluding hydrogens is 433 g/mol. The van der Waals surface area contributed by atoms with E-state index in [0.29, 0.717) is 28.2 Å². The molecular formula is C24H29Cl2N3O2. The number of anilines is 1. The highest BCUT2D eigenvalue weighted by Crippen LogP contribution is 2.33. The van der Waals surface area contributed by atoms with Crippen molar-refractivity contribution in [3.05, 3.63) is 57.6 Å². The van der Waals surface area contributed by atoms with Crippen molar-refractivity contribution in [2.45, 2.75) is 13.3 Å². The number of hydrogen-bond donors (Lipinski definition) is 1. The molecule has 2 heterocycles. The monoisotopic (exact) mass is 461 g/mol. The van der Waals surface area contributed by atoms with Gasteiger partial charge in [-0.1, -0.05) is 29.3 Å². The van der Waals surface area contributed by atoms with Crippen molar-refractivity contribution in [1.29, 1.82) is 0 Å². The number of halogens is 2. The molecule has 7 heteroatoms. The highest BCUT2D eigenvalue weighted by Gasteiger charge is 2.41. The molecule has 2 aliphatic rings. The number of benzene rings is 2. The minimum atomic E-state index is 0.0374. The van der Waals surface area contributed by atoms with Crippen molar-refractivity contribution >= 4 is 34.8 Å². The average molecular weight is 462 g/mol. The van der Waals surface area contributed by atoms with Crippen LogP contribution in [-0.4, -0.2) is 62.1 Å². The normalized spacial score (nSPS) is 20.7. The Hall–Kier alpha value is -1.95. The van der Waals surface area contributed by atoms with E-state index in [1.165, 1.54) is 0 Å². The van der Waals surface area contributed by atoms with Gasteiger partial charge in [-0.05, 0) is 67.6 Å². The van der Waals surface area contributed by atoms with Gasteiger partial charge in [0.25, 0.3) is 5.91 Å². The molecule has 5 nitrogen and oxygen atoms in total. The van der Waals surface area contributed by atoms with Gasteiger partial charge in [0, 0.05) is 48.5 Å². The zero-order valence-electron chi connectivity index (χ0n) is 18.0. The number of carbonyl (C=O) groups is 1. The van der Waals surface area contributed by atoms with E-state index in [2.05, 4.69) is 16.3 Å². The summed E-state index contributed by atoms with van der Waals surface area (Å²) in [6, 6.07) is 11.3. The fraction of sp³-hybridized carbons (Fsp3) is 0.458. The zero-order valence-corrected chi connectivity index (χ0v) is 19.5. The Labute approximate surface area is 194 Å². The maximum atomic E-state index is 13.0. The quantitative estimate of drug-likeness (QED) is 0.600. The van der Waals surface area contributed by atoms with Crippen molar-refractivity contribution < 1.29 is 9.53 Å². The van der Waals surface area contributed by atoms with Gasteiger partial charge < -0.3 is 19.9 Å². The van der Waals surface area contributed by atoms with Crippen LogP contribution in [0.15, 0.2) is 36.4 Å². The van der Waals surface area contributed by atoms with Crippen molar-refractivity contribution in [3.8, 4) is 5.75 Å². The highest BCUT2D eigenvalue weighted by molar-refractivity contribution is 6.31. The van der Waals surface area contributed by atoms with Crippen LogP contribution in [0.1, 0.15) is 22.3 Å². The van der Waals surface area contributed by atoms with Crippen LogP contribution in [0.25, 0.3) is 0 Å². The van der Waals surface area contributed by atoms with E-state index >= 15 is 0 Å². The molecule has 2 unspecified atom stereocenters. The Kier molecular flexibility index (Phi) is 6.95. The summed E-state index contributed by atoms with van der Waals surface area (Å²) in [4.78, 5) is 17.5. The molecule has 2 saturated heterocycles. The Morgan fingerprint density at radius 1 is 1.10 bits per heavy atom. The fourth-order valence-electron chi connectivity index (χ4n) is 4.69. The number of fused-ring (bicyclic) bond motifs is 1. The van der Waals surface area contributed by atoms with Crippen LogP contribution >= 0.6 is 23.2 Å². The summed E-state index contributed by atoms with van der Waals surface area (Å²) in [6.07, 6.45) is 1.08. The maximum Gasteiger partial charge on any atom is 0.257 e. The molecule has 2 aromatic rings. The van der Waals surface area contributed by atoms with Crippen molar-refractivity contribution in [3.63, 3.8) is 0 Å². The van der Waals surface area contributed by atoms with E-state index in [1.807, 2.05) is 24.0 Å². The molecule has 0 saturated carbocycles. The number of ether oxygens (including phenoxy) is 1. The molecule has 2 fully saturated rings. The summed E-state index contributed by atoms with van der Waals surface area (Å²) in [5.41, 5.74) is 2.75. The van der Waals surface area contributed by atoms with E-state index in [0.717, 1.165) is 62.0 Å². The number of methoxy groups -OCH3 is 1. The van der Waals surface area contributed by atoms with E-state index in [9.17, 15) is 4.79 Å². The van der Waals surface area contributed by atoms with Crippen LogP contribution in [-0.2, 0) is 0 Å². The minimum Gasteiger partial charge on any atom is -0.496 e. The second kappa shape index (κ2) is 9.68. The van der Waals surface area contributed by atoms with Crippen molar-refractivity contribution in [2.75, 3.05) is 51.7 Å². The summed E-state index contributed by atoms with van der Waals surface area (Å²) in [5.74, 6) is 1.67.